The van der Waals surface area contributed by atoms with Crippen LogP contribution in [-0.2, 0) is 6.54 Å². The number of nitrogens with zero attached hydrogens (tertiary/aromatic N) is 2. The molecule has 2 heterocycles. The van der Waals surface area contributed by atoms with Crippen molar-refractivity contribution in [2.75, 3.05) is 0 Å². The zero-order chi connectivity index (χ0) is 14.3. The molecule has 0 fully saturated rings. The first kappa shape index (κ1) is 12.9. The number of benzene rings is 1. The normalized spacial score (nSPS) is 11.2. The van der Waals surface area contributed by atoms with Crippen LogP contribution < -0.4 is 5.73 Å². The summed E-state index contributed by atoms with van der Waals surface area (Å²) in [6.07, 6.45) is 2.09. The summed E-state index contributed by atoms with van der Waals surface area (Å²) in [6, 6.07) is 10.6. The van der Waals surface area contributed by atoms with Gasteiger partial charge < -0.3 is 10.1 Å². The van der Waals surface area contributed by atoms with Crippen LogP contribution in [0.15, 0.2) is 36.5 Å². The van der Waals surface area contributed by atoms with Gasteiger partial charge in [0, 0.05) is 18.3 Å². The second kappa shape index (κ2) is 4.76. The van der Waals surface area contributed by atoms with E-state index in [1.807, 2.05) is 6.07 Å². The van der Waals surface area contributed by atoms with E-state index in [4.69, 9.17) is 10.7 Å². The third kappa shape index (κ3) is 2.00. The molecule has 0 saturated heterocycles. The Labute approximate surface area is 119 Å². The Morgan fingerprint density at radius 3 is 2.55 bits per heavy atom. The van der Waals surface area contributed by atoms with Crippen LogP contribution in [0.1, 0.15) is 22.4 Å². The molecular weight excluding hydrogens is 246 g/mol. The molecule has 0 bridgehead atoms. The lowest BCUT2D eigenvalue weighted by atomic mass is 10.0. The maximum Gasteiger partial charge on any atom is 0.137 e. The highest BCUT2D eigenvalue weighted by Gasteiger charge is 2.13. The molecule has 20 heavy (non-hydrogen) atoms. The molecule has 0 spiro atoms. The van der Waals surface area contributed by atoms with Crippen molar-refractivity contribution in [3.63, 3.8) is 0 Å². The van der Waals surface area contributed by atoms with Crippen molar-refractivity contribution in [2.45, 2.75) is 27.3 Å². The van der Waals surface area contributed by atoms with Crippen LogP contribution in [0.4, 0.5) is 0 Å². The first-order chi connectivity index (χ1) is 9.60. The number of imidazole rings is 1. The third-order valence-electron chi connectivity index (χ3n) is 3.84. The zero-order valence-corrected chi connectivity index (χ0v) is 12.1. The van der Waals surface area contributed by atoms with E-state index in [0.717, 1.165) is 22.6 Å². The van der Waals surface area contributed by atoms with Crippen molar-refractivity contribution < 1.29 is 0 Å². The topological polar surface area (TPSA) is 43.3 Å². The van der Waals surface area contributed by atoms with Crippen LogP contribution >= 0.6 is 0 Å². The van der Waals surface area contributed by atoms with Gasteiger partial charge in [-0.3, -0.25) is 0 Å². The van der Waals surface area contributed by atoms with Crippen molar-refractivity contribution in [2.24, 2.45) is 5.73 Å². The van der Waals surface area contributed by atoms with Gasteiger partial charge in [-0.05, 0) is 49.6 Å². The quantitative estimate of drug-likeness (QED) is 0.772. The monoisotopic (exact) mass is 265 g/mol. The number of pyridine rings is 1. The van der Waals surface area contributed by atoms with Crippen LogP contribution in [0, 0.1) is 20.8 Å². The van der Waals surface area contributed by atoms with Crippen LogP contribution in [0.5, 0.6) is 0 Å². The second-order valence-electron chi connectivity index (χ2n) is 5.34. The summed E-state index contributed by atoms with van der Waals surface area (Å²) >= 11 is 0. The van der Waals surface area contributed by atoms with Crippen LogP contribution in [0.2, 0.25) is 0 Å². The van der Waals surface area contributed by atoms with Gasteiger partial charge in [-0.25, -0.2) is 4.98 Å². The summed E-state index contributed by atoms with van der Waals surface area (Å²) in [7, 11) is 0. The summed E-state index contributed by atoms with van der Waals surface area (Å²) in [6.45, 7) is 6.80. The van der Waals surface area contributed by atoms with Gasteiger partial charge in [-0.15, -0.1) is 0 Å². The summed E-state index contributed by atoms with van der Waals surface area (Å²) in [5.41, 5.74) is 13.9. The number of hydrogen-bond donors (Lipinski definition) is 1. The van der Waals surface area contributed by atoms with E-state index < -0.39 is 0 Å². The molecular formula is C17H19N3. The number of rotatable bonds is 2. The molecule has 0 atom stereocenters. The molecule has 0 saturated carbocycles. The minimum absolute atomic E-state index is 0.479. The molecule has 0 radical (unpaired) electrons. The van der Waals surface area contributed by atoms with Gasteiger partial charge in [0.15, 0.2) is 0 Å². The number of fused-ring (bicyclic) bond motifs is 1. The zero-order valence-electron chi connectivity index (χ0n) is 12.1. The molecule has 0 amide bonds. The lowest BCUT2D eigenvalue weighted by Gasteiger charge is -2.05. The first-order valence-corrected chi connectivity index (χ1v) is 6.85. The van der Waals surface area contributed by atoms with Crippen LogP contribution in [0.25, 0.3) is 16.9 Å². The molecule has 0 aliphatic heterocycles. The first-order valence-electron chi connectivity index (χ1n) is 6.85. The van der Waals surface area contributed by atoms with Gasteiger partial charge in [0.25, 0.3) is 0 Å². The molecule has 102 valence electrons. The molecule has 0 aliphatic rings. The number of aryl methyl sites for hydroxylation is 3. The molecule has 3 nitrogen and oxygen atoms in total. The van der Waals surface area contributed by atoms with E-state index in [1.165, 1.54) is 16.7 Å². The fourth-order valence-corrected chi connectivity index (χ4v) is 2.51. The lowest BCUT2D eigenvalue weighted by molar-refractivity contribution is 0.957. The van der Waals surface area contributed by atoms with E-state index in [-0.39, 0.29) is 0 Å². The van der Waals surface area contributed by atoms with E-state index >= 15 is 0 Å². The number of hydrogen-bond acceptors (Lipinski definition) is 2. The van der Waals surface area contributed by atoms with Gasteiger partial charge in [-0.1, -0.05) is 18.2 Å². The number of aromatic nitrogens is 2. The Morgan fingerprint density at radius 1 is 1.05 bits per heavy atom. The Morgan fingerprint density at radius 2 is 1.85 bits per heavy atom. The highest BCUT2D eigenvalue weighted by atomic mass is 15.0. The highest BCUT2D eigenvalue weighted by molar-refractivity contribution is 5.67. The van der Waals surface area contributed by atoms with Crippen molar-refractivity contribution in [1.29, 1.82) is 0 Å². The number of nitrogens with two attached hydrogens (primary N) is 1. The third-order valence-corrected chi connectivity index (χ3v) is 3.84. The lowest BCUT2D eigenvalue weighted by Crippen LogP contribution is -2.02. The maximum atomic E-state index is 5.96. The highest BCUT2D eigenvalue weighted by Crippen LogP contribution is 2.26. The molecule has 2 aromatic heterocycles. The fourth-order valence-electron chi connectivity index (χ4n) is 2.51. The van der Waals surface area contributed by atoms with Crippen molar-refractivity contribution in [3.05, 3.63) is 58.9 Å². The summed E-state index contributed by atoms with van der Waals surface area (Å²) in [5, 5.41) is 0. The van der Waals surface area contributed by atoms with Gasteiger partial charge in [0.05, 0.1) is 11.4 Å². The minimum Gasteiger partial charge on any atom is -0.325 e. The van der Waals surface area contributed by atoms with E-state index in [2.05, 4.69) is 55.6 Å². The van der Waals surface area contributed by atoms with Gasteiger partial charge >= 0.3 is 0 Å². The predicted octanol–water partition coefficient (Wildman–Crippen LogP) is 3.39. The smallest absolute Gasteiger partial charge is 0.137 e. The summed E-state index contributed by atoms with van der Waals surface area (Å²) in [4.78, 5) is 4.75. The van der Waals surface area contributed by atoms with Gasteiger partial charge in [0.1, 0.15) is 5.65 Å². The predicted molar refractivity (Wildman–Crippen MR) is 82.7 cm³/mol. The maximum absolute atomic E-state index is 5.96. The Bertz CT molecular complexity index is 784. The van der Waals surface area contributed by atoms with Crippen molar-refractivity contribution >= 4 is 5.65 Å². The average molecular weight is 265 g/mol. The van der Waals surface area contributed by atoms with Crippen molar-refractivity contribution in [1.82, 2.24) is 9.38 Å². The SMILES string of the molecule is Cc1ccc2nc(-c3ccc(C)c(C)c3)c(CN)n2c1. The molecule has 1 aromatic carbocycles. The largest absolute Gasteiger partial charge is 0.325 e. The molecule has 3 heteroatoms. The summed E-state index contributed by atoms with van der Waals surface area (Å²) < 4.78 is 2.10. The minimum atomic E-state index is 0.479. The van der Waals surface area contributed by atoms with E-state index in [9.17, 15) is 0 Å². The second-order valence-corrected chi connectivity index (χ2v) is 5.34. The van der Waals surface area contributed by atoms with Crippen LogP contribution in [-0.4, -0.2) is 9.38 Å². The van der Waals surface area contributed by atoms with Gasteiger partial charge in [0.2, 0.25) is 0 Å². The Balaban J connectivity index is 2.27. The molecule has 3 aromatic rings. The Kier molecular flexibility index (Phi) is 3.07. The van der Waals surface area contributed by atoms with Gasteiger partial charge in [-0.2, -0.15) is 0 Å². The standard InChI is InChI=1S/C17H19N3/c1-11-4-7-16-19-17(15(9-18)20(16)10-11)14-6-5-12(2)13(3)8-14/h4-8,10H,9,18H2,1-3H3. The molecule has 0 unspecified atom stereocenters. The molecule has 0 aliphatic carbocycles. The van der Waals surface area contributed by atoms with Crippen LogP contribution in [0.3, 0.4) is 0 Å². The fraction of sp³-hybridized carbons (Fsp3) is 0.235. The van der Waals surface area contributed by atoms with E-state index in [0.29, 0.717) is 6.54 Å². The molecule has 3 rings (SSSR count). The summed E-state index contributed by atoms with van der Waals surface area (Å²) in [5.74, 6) is 0. The van der Waals surface area contributed by atoms with Crippen molar-refractivity contribution in [3.8, 4) is 11.3 Å². The van der Waals surface area contributed by atoms with E-state index in [1.54, 1.807) is 0 Å². The Hall–Kier alpha value is -2.13. The average Bonchev–Trinajstić information content (AvgIpc) is 2.79. The molecule has 2 N–H and O–H groups in total.